The van der Waals surface area contributed by atoms with E-state index in [1.165, 1.54) is 11.3 Å². The number of fused-ring (bicyclic) bond motifs is 1. The molecule has 1 heterocycles. The molecule has 0 unspecified atom stereocenters. The number of amides is 1. The highest BCUT2D eigenvalue weighted by Crippen LogP contribution is 2.32. The number of ether oxygens (including phenoxy) is 2. The van der Waals surface area contributed by atoms with E-state index in [2.05, 4.69) is 26.2 Å². The van der Waals surface area contributed by atoms with Crippen LogP contribution in [0.1, 0.15) is 10.4 Å². The van der Waals surface area contributed by atoms with Gasteiger partial charge in [-0.2, -0.15) is 0 Å². The normalized spacial score (nSPS) is 10.6. The summed E-state index contributed by atoms with van der Waals surface area (Å²) in [4.78, 5) is 16.8. The van der Waals surface area contributed by atoms with Crippen molar-refractivity contribution in [3.8, 4) is 11.5 Å². The fourth-order valence-electron chi connectivity index (χ4n) is 2.12. The second-order valence-electron chi connectivity index (χ2n) is 4.63. The van der Waals surface area contributed by atoms with Crippen molar-refractivity contribution in [3.63, 3.8) is 0 Å². The van der Waals surface area contributed by atoms with Gasteiger partial charge in [0.25, 0.3) is 5.91 Å². The molecule has 0 radical (unpaired) electrons. The molecule has 3 aromatic rings. The molecule has 0 fully saturated rings. The van der Waals surface area contributed by atoms with E-state index in [-0.39, 0.29) is 5.91 Å². The highest BCUT2D eigenvalue weighted by atomic mass is 79.9. The summed E-state index contributed by atoms with van der Waals surface area (Å²) in [5.74, 6) is 1.13. The van der Waals surface area contributed by atoms with E-state index >= 15 is 0 Å². The third-order valence-corrected chi connectivity index (χ3v) is 4.79. The molecule has 1 aromatic heterocycles. The Kier molecular flexibility index (Phi) is 4.49. The van der Waals surface area contributed by atoms with Crippen molar-refractivity contribution in [2.45, 2.75) is 0 Å². The van der Waals surface area contributed by atoms with Gasteiger partial charge in [0.1, 0.15) is 17.0 Å². The van der Waals surface area contributed by atoms with Crippen LogP contribution in [0.4, 0.5) is 5.13 Å². The standard InChI is InChI=1S/C16H13BrN2O3S/c1-21-11-7-6-9(8-10(11)17)15(20)19-16-18-14-12(22-2)4-3-5-13(14)23-16/h3-8H,1-2H3,(H,18,19,20). The average Bonchev–Trinajstić information content (AvgIpc) is 2.96. The molecule has 0 atom stereocenters. The maximum absolute atomic E-state index is 12.4. The van der Waals surface area contributed by atoms with Gasteiger partial charge in [-0.1, -0.05) is 17.4 Å². The Labute approximate surface area is 145 Å². The first-order valence-electron chi connectivity index (χ1n) is 6.71. The lowest BCUT2D eigenvalue weighted by Crippen LogP contribution is -2.11. The molecule has 0 spiro atoms. The summed E-state index contributed by atoms with van der Waals surface area (Å²) in [6.45, 7) is 0. The Morgan fingerprint density at radius 2 is 1.96 bits per heavy atom. The zero-order valence-corrected chi connectivity index (χ0v) is 14.8. The lowest BCUT2D eigenvalue weighted by molar-refractivity contribution is 0.102. The fraction of sp³-hybridized carbons (Fsp3) is 0.125. The number of nitrogens with zero attached hydrogens (tertiary/aromatic N) is 1. The van der Waals surface area contributed by atoms with Gasteiger partial charge in [-0.25, -0.2) is 4.98 Å². The van der Waals surface area contributed by atoms with Crippen molar-refractivity contribution >= 4 is 48.5 Å². The molecule has 0 aliphatic heterocycles. The van der Waals surface area contributed by atoms with Crippen LogP contribution in [0.2, 0.25) is 0 Å². The number of aromatic nitrogens is 1. The molecule has 3 rings (SSSR count). The number of methoxy groups -OCH3 is 2. The van der Waals surface area contributed by atoms with Crippen LogP contribution < -0.4 is 14.8 Å². The van der Waals surface area contributed by atoms with Gasteiger partial charge in [0.05, 0.1) is 23.4 Å². The molecule has 118 valence electrons. The minimum Gasteiger partial charge on any atom is -0.496 e. The van der Waals surface area contributed by atoms with E-state index in [1.807, 2.05) is 18.2 Å². The van der Waals surface area contributed by atoms with E-state index < -0.39 is 0 Å². The Morgan fingerprint density at radius 1 is 1.17 bits per heavy atom. The fourth-order valence-corrected chi connectivity index (χ4v) is 3.54. The summed E-state index contributed by atoms with van der Waals surface area (Å²) < 4.78 is 12.1. The molecular weight excluding hydrogens is 380 g/mol. The van der Waals surface area contributed by atoms with E-state index in [9.17, 15) is 4.79 Å². The summed E-state index contributed by atoms with van der Waals surface area (Å²) in [5, 5.41) is 3.34. The van der Waals surface area contributed by atoms with Gasteiger partial charge in [-0.05, 0) is 46.3 Å². The summed E-state index contributed by atoms with van der Waals surface area (Å²) >= 11 is 4.78. The van der Waals surface area contributed by atoms with Crippen molar-refractivity contribution in [3.05, 3.63) is 46.4 Å². The molecule has 1 N–H and O–H groups in total. The van der Waals surface area contributed by atoms with E-state index in [4.69, 9.17) is 9.47 Å². The maximum Gasteiger partial charge on any atom is 0.257 e. The monoisotopic (exact) mass is 392 g/mol. The van der Waals surface area contributed by atoms with Gasteiger partial charge < -0.3 is 9.47 Å². The Morgan fingerprint density at radius 3 is 2.65 bits per heavy atom. The van der Waals surface area contributed by atoms with Gasteiger partial charge in [-0.3, -0.25) is 10.1 Å². The van der Waals surface area contributed by atoms with Gasteiger partial charge >= 0.3 is 0 Å². The van der Waals surface area contributed by atoms with Crippen molar-refractivity contribution in [1.82, 2.24) is 4.98 Å². The first-order valence-corrected chi connectivity index (χ1v) is 8.31. The Bertz CT molecular complexity index is 879. The van der Waals surface area contributed by atoms with Gasteiger partial charge in [0.15, 0.2) is 5.13 Å². The smallest absolute Gasteiger partial charge is 0.257 e. The van der Waals surface area contributed by atoms with Crippen LogP contribution in [0.15, 0.2) is 40.9 Å². The lowest BCUT2D eigenvalue weighted by Gasteiger charge is -2.06. The summed E-state index contributed by atoms with van der Waals surface area (Å²) in [6.07, 6.45) is 0. The number of benzene rings is 2. The van der Waals surface area contributed by atoms with Crippen LogP contribution >= 0.6 is 27.3 Å². The number of hydrogen-bond acceptors (Lipinski definition) is 5. The van der Waals surface area contributed by atoms with Crippen LogP contribution in [0.3, 0.4) is 0 Å². The largest absolute Gasteiger partial charge is 0.496 e. The highest BCUT2D eigenvalue weighted by molar-refractivity contribution is 9.10. The Hall–Kier alpha value is -2.12. The topological polar surface area (TPSA) is 60.5 Å². The number of hydrogen-bond donors (Lipinski definition) is 1. The predicted octanol–water partition coefficient (Wildman–Crippen LogP) is 4.33. The second kappa shape index (κ2) is 6.55. The number of thiazole rings is 1. The molecule has 23 heavy (non-hydrogen) atoms. The summed E-state index contributed by atoms with van der Waals surface area (Å²) in [6, 6.07) is 10.8. The molecule has 2 aromatic carbocycles. The third kappa shape index (κ3) is 3.16. The SMILES string of the molecule is COc1ccc(C(=O)Nc2nc3c(OC)cccc3s2)cc1Br. The van der Waals surface area contributed by atoms with Gasteiger partial charge in [-0.15, -0.1) is 0 Å². The van der Waals surface area contributed by atoms with Crippen molar-refractivity contribution in [1.29, 1.82) is 0 Å². The molecule has 7 heteroatoms. The van der Waals surface area contributed by atoms with Crippen LogP contribution in [0.25, 0.3) is 10.2 Å². The average molecular weight is 393 g/mol. The Balaban J connectivity index is 1.86. The number of nitrogens with one attached hydrogen (secondary N) is 1. The van der Waals surface area contributed by atoms with E-state index in [0.717, 1.165) is 14.7 Å². The number of anilines is 1. The summed E-state index contributed by atoms with van der Waals surface area (Å²) in [7, 11) is 3.18. The van der Waals surface area contributed by atoms with Gasteiger partial charge in [0.2, 0.25) is 0 Å². The molecule has 0 saturated heterocycles. The van der Waals surface area contributed by atoms with E-state index in [0.29, 0.717) is 22.2 Å². The molecule has 0 bridgehead atoms. The number of carbonyl (C=O) groups excluding carboxylic acids is 1. The van der Waals surface area contributed by atoms with Crippen LogP contribution in [-0.2, 0) is 0 Å². The molecule has 0 aliphatic rings. The first-order chi connectivity index (χ1) is 11.1. The summed E-state index contributed by atoms with van der Waals surface area (Å²) in [5.41, 5.74) is 1.26. The third-order valence-electron chi connectivity index (χ3n) is 3.24. The van der Waals surface area contributed by atoms with Crippen molar-refractivity contribution in [2.75, 3.05) is 19.5 Å². The van der Waals surface area contributed by atoms with Crippen LogP contribution in [0.5, 0.6) is 11.5 Å². The number of halogens is 1. The minimum absolute atomic E-state index is 0.230. The zero-order valence-electron chi connectivity index (χ0n) is 12.4. The minimum atomic E-state index is -0.230. The van der Waals surface area contributed by atoms with Crippen molar-refractivity contribution in [2.24, 2.45) is 0 Å². The van der Waals surface area contributed by atoms with Crippen LogP contribution in [0, 0.1) is 0 Å². The molecule has 1 amide bonds. The first kappa shape index (κ1) is 15.8. The molecule has 0 saturated carbocycles. The van der Waals surface area contributed by atoms with Crippen molar-refractivity contribution < 1.29 is 14.3 Å². The van der Waals surface area contributed by atoms with E-state index in [1.54, 1.807) is 32.4 Å². The zero-order chi connectivity index (χ0) is 16.4. The van der Waals surface area contributed by atoms with Crippen LogP contribution in [-0.4, -0.2) is 25.1 Å². The molecular formula is C16H13BrN2O3S. The predicted molar refractivity (Wildman–Crippen MR) is 94.8 cm³/mol. The maximum atomic E-state index is 12.4. The highest BCUT2D eigenvalue weighted by Gasteiger charge is 2.13. The molecule has 0 aliphatic carbocycles. The quantitative estimate of drug-likeness (QED) is 0.717. The van der Waals surface area contributed by atoms with Gasteiger partial charge in [0, 0.05) is 5.56 Å². The number of rotatable bonds is 4. The second-order valence-corrected chi connectivity index (χ2v) is 6.51. The number of para-hydroxylation sites is 1. The molecule has 5 nitrogen and oxygen atoms in total. The number of carbonyl (C=O) groups is 1. The lowest BCUT2D eigenvalue weighted by atomic mass is 10.2.